The smallest absolute Gasteiger partial charge is 0.200 e. The molecular formula is C13H9ClO3. The van der Waals surface area contributed by atoms with Crippen LogP contribution in [-0.2, 0) is 0 Å². The molecule has 0 spiro atoms. The average Bonchev–Trinajstić information content (AvgIpc) is 2.29. The van der Waals surface area contributed by atoms with Gasteiger partial charge in [-0.15, -0.1) is 0 Å². The number of phenolic OH excluding ortho intramolecular Hbond substituents is 2. The molecule has 0 aromatic heterocycles. The lowest BCUT2D eigenvalue weighted by Gasteiger charge is -2.06. The topological polar surface area (TPSA) is 57.5 Å². The lowest BCUT2D eigenvalue weighted by Crippen LogP contribution is -2.01. The zero-order valence-corrected chi connectivity index (χ0v) is 9.48. The third-order valence-corrected chi connectivity index (χ3v) is 2.61. The number of halogens is 1. The van der Waals surface area contributed by atoms with Crippen molar-refractivity contribution in [1.29, 1.82) is 0 Å². The van der Waals surface area contributed by atoms with Crippen molar-refractivity contribution in [3.05, 3.63) is 58.6 Å². The molecule has 0 saturated heterocycles. The lowest BCUT2D eigenvalue weighted by molar-refractivity contribution is 0.103. The fraction of sp³-hybridized carbons (Fsp3) is 0. The fourth-order valence-electron chi connectivity index (χ4n) is 1.51. The number of aromatic hydroxyl groups is 2. The van der Waals surface area contributed by atoms with E-state index in [2.05, 4.69) is 0 Å². The number of carbonyl (C=O) groups excluding carboxylic acids is 1. The van der Waals surface area contributed by atoms with Gasteiger partial charge in [0.1, 0.15) is 17.1 Å². The van der Waals surface area contributed by atoms with E-state index in [1.165, 1.54) is 30.3 Å². The number of carbonyl (C=O) groups is 1. The van der Waals surface area contributed by atoms with Crippen molar-refractivity contribution in [2.45, 2.75) is 0 Å². The van der Waals surface area contributed by atoms with Gasteiger partial charge in [0.2, 0.25) is 0 Å². The maximum absolute atomic E-state index is 12.0. The molecule has 0 aliphatic rings. The van der Waals surface area contributed by atoms with Crippen LogP contribution in [0.2, 0.25) is 5.02 Å². The number of ketones is 1. The Morgan fingerprint density at radius 1 is 0.941 bits per heavy atom. The third kappa shape index (κ3) is 2.24. The first-order valence-corrected chi connectivity index (χ1v) is 5.28. The first-order valence-electron chi connectivity index (χ1n) is 4.91. The van der Waals surface area contributed by atoms with Crippen LogP contribution in [0.15, 0.2) is 42.5 Å². The van der Waals surface area contributed by atoms with Gasteiger partial charge in [-0.05, 0) is 36.4 Å². The standard InChI is InChI=1S/C13H9ClO3/c14-9-6-4-8(5-7-9)13(17)12-10(15)2-1-3-11(12)16/h1-7,15-16H. The van der Waals surface area contributed by atoms with Crippen molar-refractivity contribution in [3.8, 4) is 11.5 Å². The Hall–Kier alpha value is -2.00. The first-order chi connectivity index (χ1) is 8.09. The number of phenols is 2. The van der Waals surface area contributed by atoms with Crippen LogP contribution < -0.4 is 0 Å². The molecule has 86 valence electrons. The molecule has 0 bridgehead atoms. The van der Waals surface area contributed by atoms with Crippen LogP contribution in [0.4, 0.5) is 0 Å². The van der Waals surface area contributed by atoms with E-state index in [0.717, 1.165) is 0 Å². The molecule has 3 nitrogen and oxygen atoms in total. The molecule has 0 heterocycles. The number of benzene rings is 2. The van der Waals surface area contributed by atoms with Gasteiger partial charge in [-0.2, -0.15) is 0 Å². The van der Waals surface area contributed by atoms with Crippen molar-refractivity contribution >= 4 is 17.4 Å². The van der Waals surface area contributed by atoms with Gasteiger partial charge in [0.05, 0.1) is 0 Å². The van der Waals surface area contributed by atoms with Gasteiger partial charge >= 0.3 is 0 Å². The molecular weight excluding hydrogens is 240 g/mol. The van der Waals surface area contributed by atoms with E-state index >= 15 is 0 Å². The second-order valence-corrected chi connectivity index (χ2v) is 3.94. The van der Waals surface area contributed by atoms with E-state index in [1.807, 2.05) is 0 Å². The highest BCUT2D eigenvalue weighted by Crippen LogP contribution is 2.29. The van der Waals surface area contributed by atoms with Gasteiger partial charge < -0.3 is 10.2 Å². The Morgan fingerprint density at radius 3 is 2.00 bits per heavy atom. The summed E-state index contributed by atoms with van der Waals surface area (Å²) in [6, 6.07) is 10.4. The van der Waals surface area contributed by atoms with Crippen molar-refractivity contribution < 1.29 is 15.0 Å². The van der Waals surface area contributed by atoms with Crippen LogP contribution in [0.5, 0.6) is 11.5 Å². The molecule has 2 N–H and O–H groups in total. The van der Waals surface area contributed by atoms with Crippen molar-refractivity contribution in [1.82, 2.24) is 0 Å². The summed E-state index contributed by atoms with van der Waals surface area (Å²) in [4.78, 5) is 12.0. The minimum atomic E-state index is -0.447. The minimum absolute atomic E-state index is 0.102. The summed E-state index contributed by atoms with van der Waals surface area (Å²) in [5.74, 6) is -0.938. The monoisotopic (exact) mass is 248 g/mol. The van der Waals surface area contributed by atoms with Crippen LogP contribution in [0.25, 0.3) is 0 Å². The van der Waals surface area contributed by atoms with Gasteiger partial charge in [0, 0.05) is 10.6 Å². The molecule has 0 saturated carbocycles. The van der Waals surface area contributed by atoms with E-state index in [1.54, 1.807) is 12.1 Å². The molecule has 0 fully saturated rings. The average molecular weight is 249 g/mol. The maximum Gasteiger partial charge on any atom is 0.200 e. The summed E-state index contributed by atoms with van der Waals surface area (Å²) in [7, 11) is 0. The molecule has 0 unspecified atom stereocenters. The molecule has 0 aliphatic heterocycles. The second kappa shape index (κ2) is 4.47. The third-order valence-electron chi connectivity index (χ3n) is 2.35. The highest BCUT2D eigenvalue weighted by molar-refractivity contribution is 6.30. The molecule has 2 aromatic carbocycles. The van der Waals surface area contributed by atoms with Crippen LogP contribution >= 0.6 is 11.6 Å². The Kier molecular flexibility index (Phi) is 3.02. The number of hydrogen-bond acceptors (Lipinski definition) is 3. The minimum Gasteiger partial charge on any atom is -0.507 e. The number of rotatable bonds is 2. The maximum atomic E-state index is 12.0. The van der Waals surface area contributed by atoms with E-state index in [9.17, 15) is 15.0 Å². The van der Waals surface area contributed by atoms with Crippen LogP contribution in [0.3, 0.4) is 0 Å². The van der Waals surface area contributed by atoms with Crippen LogP contribution in [0.1, 0.15) is 15.9 Å². The Bertz CT molecular complexity index is 541. The van der Waals surface area contributed by atoms with E-state index < -0.39 is 5.78 Å². The summed E-state index contributed by atoms with van der Waals surface area (Å²) < 4.78 is 0. The summed E-state index contributed by atoms with van der Waals surface area (Å²) in [5.41, 5.74) is 0.251. The Labute approximate surface area is 103 Å². The highest BCUT2D eigenvalue weighted by atomic mass is 35.5. The largest absolute Gasteiger partial charge is 0.507 e. The summed E-state index contributed by atoms with van der Waals surface area (Å²) in [6.45, 7) is 0. The van der Waals surface area contributed by atoms with Crippen LogP contribution in [-0.4, -0.2) is 16.0 Å². The SMILES string of the molecule is O=C(c1ccc(Cl)cc1)c1c(O)cccc1O. The predicted octanol–water partition coefficient (Wildman–Crippen LogP) is 2.98. The van der Waals surface area contributed by atoms with E-state index in [4.69, 9.17) is 11.6 Å². The van der Waals surface area contributed by atoms with Crippen molar-refractivity contribution in [2.75, 3.05) is 0 Å². The molecule has 17 heavy (non-hydrogen) atoms. The van der Waals surface area contributed by atoms with E-state index in [-0.39, 0.29) is 17.1 Å². The van der Waals surface area contributed by atoms with Crippen LogP contribution in [0, 0.1) is 0 Å². The van der Waals surface area contributed by atoms with Gasteiger partial charge in [0.25, 0.3) is 0 Å². The van der Waals surface area contributed by atoms with Gasteiger partial charge in [-0.3, -0.25) is 4.79 Å². The normalized spacial score (nSPS) is 10.2. The molecule has 0 amide bonds. The highest BCUT2D eigenvalue weighted by Gasteiger charge is 2.17. The molecule has 0 atom stereocenters. The molecule has 2 aromatic rings. The predicted molar refractivity (Wildman–Crippen MR) is 64.7 cm³/mol. The van der Waals surface area contributed by atoms with Gasteiger partial charge in [-0.1, -0.05) is 17.7 Å². The molecule has 0 radical (unpaired) electrons. The zero-order chi connectivity index (χ0) is 12.4. The number of hydrogen-bond donors (Lipinski definition) is 2. The van der Waals surface area contributed by atoms with Gasteiger partial charge in [0.15, 0.2) is 5.78 Å². The lowest BCUT2D eigenvalue weighted by atomic mass is 10.0. The van der Waals surface area contributed by atoms with Gasteiger partial charge in [-0.25, -0.2) is 0 Å². The molecule has 0 aliphatic carbocycles. The summed E-state index contributed by atoms with van der Waals surface area (Å²) in [6.07, 6.45) is 0. The zero-order valence-electron chi connectivity index (χ0n) is 8.72. The molecule has 4 heteroatoms. The fourth-order valence-corrected chi connectivity index (χ4v) is 1.63. The second-order valence-electron chi connectivity index (χ2n) is 3.51. The quantitative estimate of drug-likeness (QED) is 0.804. The Balaban J connectivity index is 2.47. The Morgan fingerprint density at radius 2 is 1.47 bits per heavy atom. The summed E-state index contributed by atoms with van der Waals surface area (Å²) in [5, 5.41) is 19.7. The first kappa shape index (κ1) is 11.5. The molecule has 2 rings (SSSR count). The van der Waals surface area contributed by atoms with Crippen molar-refractivity contribution in [2.24, 2.45) is 0 Å². The van der Waals surface area contributed by atoms with E-state index in [0.29, 0.717) is 10.6 Å². The van der Waals surface area contributed by atoms with Crippen molar-refractivity contribution in [3.63, 3.8) is 0 Å². The summed E-state index contributed by atoms with van der Waals surface area (Å²) >= 11 is 5.71.